The fraction of sp³-hybridized carbons (Fsp3) is 0.562. The second-order valence-corrected chi connectivity index (χ2v) is 5.54. The average Bonchev–Trinajstić information content (AvgIpc) is 2.41. The molecule has 0 radical (unpaired) electrons. The number of nitrogens with two attached hydrogens (primary N) is 1. The first kappa shape index (κ1) is 17.4. The first-order valence-corrected chi connectivity index (χ1v) is 7.41. The van der Waals surface area contributed by atoms with Crippen molar-refractivity contribution in [3.8, 4) is 0 Å². The minimum Gasteiger partial charge on any atom is -0.399 e. The summed E-state index contributed by atoms with van der Waals surface area (Å²) in [7, 11) is 0. The van der Waals surface area contributed by atoms with E-state index in [0.717, 1.165) is 19.4 Å². The lowest BCUT2D eigenvalue weighted by Gasteiger charge is -2.08. The lowest BCUT2D eigenvalue weighted by atomic mass is 10.1. The van der Waals surface area contributed by atoms with Crippen LogP contribution < -0.4 is 11.1 Å². The third-order valence-corrected chi connectivity index (χ3v) is 3.03. The molecule has 0 spiro atoms. The third-order valence-electron chi connectivity index (χ3n) is 3.03. The summed E-state index contributed by atoms with van der Waals surface area (Å²) in [5, 5.41) is 2.52. The number of halogens is 1. The predicted octanol–water partition coefficient (Wildman–Crippen LogP) is 3.58. The number of rotatable bonds is 9. The maximum absolute atomic E-state index is 13.4. The van der Waals surface area contributed by atoms with E-state index >= 15 is 0 Å². The van der Waals surface area contributed by atoms with Crippen LogP contribution in [0.4, 0.5) is 15.8 Å². The monoisotopic (exact) mass is 296 g/mol. The Morgan fingerprint density at radius 2 is 2.05 bits per heavy atom. The molecule has 3 N–H and O–H groups in total. The molecule has 5 heteroatoms. The Labute approximate surface area is 125 Å². The SMILES string of the molecule is CC(C)CCCOCCCC(=O)Nc1cc(N)ccc1F. The molecule has 21 heavy (non-hydrogen) atoms. The molecule has 1 aromatic rings. The van der Waals surface area contributed by atoms with Crippen LogP contribution in [0.1, 0.15) is 39.5 Å². The normalized spacial score (nSPS) is 10.9. The minimum absolute atomic E-state index is 0.123. The Kier molecular flexibility index (Phi) is 7.75. The molecule has 0 saturated carbocycles. The highest BCUT2D eigenvalue weighted by molar-refractivity contribution is 5.91. The molecule has 0 aliphatic carbocycles. The number of anilines is 2. The maximum Gasteiger partial charge on any atom is 0.224 e. The Bertz CT molecular complexity index is 450. The Morgan fingerprint density at radius 3 is 2.76 bits per heavy atom. The van der Waals surface area contributed by atoms with Crippen LogP contribution in [0.15, 0.2) is 18.2 Å². The fourth-order valence-corrected chi connectivity index (χ4v) is 1.88. The smallest absolute Gasteiger partial charge is 0.224 e. The van der Waals surface area contributed by atoms with E-state index in [4.69, 9.17) is 10.5 Å². The van der Waals surface area contributed by atoms with Gasteiger partial charge in [0.2, 0.25) is 5.91 Å². The van der Waals surface area contributed by atoms with Crippen LogP contribution in [0.2, 0.25) is 0 Å². The van der Waals surface area contributed by atoms with Crippen molar-refractivity contribution < 1.29 is 13.9 Å². The van der Waals surface area contributed by atoms with E-state index in [-0.39, 0.29) is 11.6 Å². The molecule has 0 saturated heterocycles. The zero-order valence-corrected chi connectivity index (χ0v) is 12.8. The molecule has 1 amide bonds. The van der Waals surface area contributed by atoms with Crippen molar-refractivity contribution >= 4 is 17.3 Å². The summed E-state index contributed by atoms with van der Waals surface area (Å²) in [5.74, 6) is -0.0275. The molecule has 0 aliphatic heterocycles. The highest BCUT2D eigenvalue weighted by Crippen LogP contribution is 2.17. The number of amides is 1. The van der Waals surface area contributed by atoms with E-state index in [1.54, 1.807) is 0 Å². The van der Waals surface area contributed by atoms with Crippen LogP contribution in [0.5, 0.6) is 0 Å². The van der Waals surface area contributed by atoms with E-state index in [9.17, 15) is 9.18 Å². The molecule has 0 atom stereocenters. The standard InChI is InChI=1S/C16H25FN2O2/c1-12(2)5-3-9-21-10-4-6-16(20)19-15-11-13(18)7-8-14(15)17/h7-8,11-12H,3-6,9-10,18H2,1-2H3,(H,19,20). The van der Waals surface area contributed by atoms with Crippen LogP contribution >= 0.6 is 0 Å². The van der Waals surface area contributed by atoms with E-state index in [1.807, 2.05) is 0 Å². The Morgan fingerprint density at radius 1 is 1.33 bits per heavy atom. The van der Waals surface area contributed by atoms with Gasteiger partial charge >= 0.3 is 0 Å². The van der Waals surface area contributed by atoms with Gasteiger partial charge < -0.3 is 15.8 Å². The number of nitrogens with one attached hydrogen (secondary N) is 1. The second kappa shape index (κ2) is 9.34. The van der Waals surface area contributed by atoms with Gasteiger partial charge in [-0.05, 0) is 43.4 Å². The van der Waals surface area contributed by atoms with Crippen molar-refractivity contribution in [3.63, 3.8) is 0 Å². The molecule has 0 fully saturated rings. The predicted molar refractivity (Wildman–Crippen MR) is 83.6 cm³/mol. The van der Waals surface area contributed by atoms with Crippen molar-refractivity contribution in [1.29, 1.82) is 0 Å². The van der Waals surface area contributed by atoms with Crippen molar-refractivity contribution in [2.45, 2.75) is 39.5 Å². The highest BCUT2D eigenvalue weighted by Gasteiger charge is 2.07. The molecule has 0 aromatic heterocycles. The molecular formula is C16H25FN2O2. The molecular weight excluding hydrogens is 271 g/mol. The van der Waals surface area contributed by atoms with Gasteiger partial charge in [0.1, 0.15) is 5.82 Å². The number of benzene rings is 1. The van der Waals surface area contributed by atoms with Gasteiger partial charge in [-0.25, -0.2) is 4.39 Å². The number of carbonyl (C=O) groups excluding carboxylic acids is 1. The Balaban J connectivity index is 2.15. The summed E-state index contributed by atoms with van der Waals surface area (Å²) >= 11 is 0. The first-order valence-electron chi connectivity index (χ1n) is 7.41. The van der Waals surface area contributed by atoms with Crippen LogP contribution in [-0.2, 0) is 9.53 Å². The summed E-state index contributed by atoms with van der Waals surface area (Å²) in [6.45, 7) is 5.63. The highest BCUT2D eigenvalue weighted by atomic mass is 19.1. The summed E-state index contributed by atoms with van der Waals surface area (Å²) in [4.78, 5) is 11.7. The number of hydrogen-bond acceptors (Lipinski definition) is 3. The van der Waals surface area contributed by atoms with Crippen molar-refractivity contribution in [1.82, 2.24) is 0 Å². The molecule has 0 heterocycles. The van der Waals surface area contributed by atoms with Gasteiger partial charge in [-0.15, -0.1) is 0 Å². The zero-order valence-electron chi connectivity index (χ0n) is 12.8. The third kappa shape index (κ3) is 7.66. The first-order chi connectivity index (χ1) is 9.99. The summed E-state index contributed by atoms with van der Waals surface area (Å²) in [6.07, 6.45) is 3.11. The summed E-state index contributed by atoms with van der Waals surface area (Å²) < 4.78 is 18.9. The number of nitrogen functional groups attached to an aromatic ring is 1. The zero-order chi connectivity index (χ0) is 15.7. The van der Waals surface area contributed by atoms with E-state index < -0.39 is 5.82 Å². The van der Waals surface area contributed by atoms with Gasteiger partial charge in [0.05, 0.1) is 5.69 Å². The van der Waals surface area contributed by atoms with Gasteiger partial charge in [0.25, 0.3) is 0 Å². The lowest BCUT2D eigenvalue weighted by Crippen LogP contribution is -2.13. The second-order valence-electron chi connectivity index (χ2n) is 5.54. The molecule has 4 nitrogen and oxygen atoms in total. The van der Waals surface area contributed by atoms with Crippen LogP contribution in [-0.4, -0.2) is 19.1 Å². The van der Waals surface area contributed by atoms with Crippen molar-refractivity contribution in [3.05, 3.63) is 24.0 Å². The van der Waals surface area contributed by atoms with Gasteiger partial charge in [0, 0.05) is 25.3 Å². The van der Waals surface area contributed by atoms with Gasteiger partial charge in [-0.3, -0.25) is 4.79 Å². The quantitative estimate of drug-likeness (QED) is 0.541. The molecule has 1 rings (SSSR count). The van der Waals surface area contributed by atoms with Crippen molar-refractivity contribution in [2.24, 2.45) is 5.92 Å². The summed E-state index contributed by atoms with van der Waals surface area (Å²) in [6, 6.07) is 4.11. The Hall–Kier alpha value is -1.62. The average molecular weight is 296 g/mol. The number of ether oxygens (including phenoxy) is 1. The largest absolute Gasteiger partial charge is 0.399 e. The molecule has 0 aliphatic rings. The molecule has 0 unspecified atom stereocenters. The van der Waals surface area contributed by atoms with Crippen LogP contribution in [0, 0.1) is 11.7 Å². The van der Waals surface area contributed by atoms with Gasteiger partial charge in [-0.1, -0.05) is 13.8 Å². The number of hydrogen-bond donors (Lipinski definition) is 2. The maximum atomic E-state index is 13.4. The summed E-state index contributed by atoms with van der Waals surface area (Å²) in [5.41, 5.74) is 6.09. The fourth-order valence-electron chi connectivity index (χ4n) is 1.88. The van der Waals surface area contributed by atoms with Gasteiger partial charge in [0.15, 0.2) is 0 Å². The molecule has 118 valence electrons. The van der Waals surface area contributed by atoms with E-state index in [1.165, 1.54) is 18.2 Å². The molecule has 0 bridgehead atoms. The minimum atomic E-state index is -0.484. The lowest BCUT2D eigenvalue weighted by molar-refractivity contribution is -0.116. The van der Waals surface area contributed by atoms with Crippen molar-refractivity contribution in [2.75, 3.05) is 24.3 Å². The van der Waals surface area contributed by atoms with Gasteiger partial charge in [-0.2, -0.15) is 0 Å². The topological polar surface area (TPSA) is 64.3 Å². The van der Waals surface area contributed by atoms with Crippen LogP contribution in [0.25, 0.3) is 0 Å². The number of carbonyl (C=O) groups is 1. The molecule has 1 aromatic carbocycles. The van der Waals surface area contributed by atoms with E-state index in [0.29, 0.717) is 31.1 Å². The van der Waals surface area contributed by atoms with E-state index in [2.05, 4.69) is 19.2 Å². The van der Waals surface area contributed by atoms with Crippen LogP contribution in [0.3, 0.4) is 0 Å².